The van der Waals surface area contributed by atoms with Crippen molar-refractivity contribution < 1.29 is 0 Å². The van der Waals surface area contributed by atoms with Gasteiger partial charge in [0, 0.05) is 17.8 Å². The zero-order valence-corrected chi connectivity index (χ0v) is 16.2. The maximum absolute atomic E-state index is 4.78. The highest BCUT2D eigenvalue weighted by Gasteiger charge is 2.59. The van der Waals surface area contributed by atoms with Gasteiger partial charge in [0.05, 0.1) is 0 Å². The third-order valence-electron chi connectivity index (χ3n) is 9.63. The first-order valence-corrected chi connectivity index (χ1v) is 11.0. The van der Waals surface area contributed by atoms with E-state index in [-0.39, 0.29) is 0 Å². The number of pyridine rings is 1. The van der Waals surface area contributed by atoms with Crippen LogP contribution in [0.3, 0.4) is 0 Å². The largest absolute Gasteiger partial charge is 0.261 e. The zero-order valence-electron chi connectivity index (χ0n) is 16.2. The highest BCUT2D eigenvalue weighted by Crippen LogP contribution is 2.68. The third-order valence-corrected chi connectivity index (χ3v) is 9.63. The fourth-order valence-corrected chi connectivity index (χ4v) is 8.36. The lowest BCUT2D eigenvalue weighted by Gasteiger charge is -2.60. The molecule has 136 valence electrons. The second-order valence-electron chi connectivity index (χ2n) is 10.3. The van der Waals surface area contributed by atoms with Gasteiger partial charge in [0.2, 0.25) is 0 Å². The Kier molecular flexibility index (Phi) is 3.81. The molecule has 1 nitrogen and oxygen atoms in total. The second kappa shape index (κ2) is 5.83. The van der Waals surface area contributed by atoms with E-state index in [2.05, 4.69) is 32.0 Å². The zero-order chi connectivity index (χ0) is 17.1. The number of aromatic nitrogens is 1. The van der Waals surface area contributed by atoms with Gasteiger partial charge < -0.3 is 0 Å². The third kappa shape index (κ3) is 2.30. The van der Waals surface area contributed by atoms with E-state index in [1.807, 2.05) is 6.20 Å². The molecule has 4 aliphatic rings. The first kappa shape index (κ1) is 16.3. The van der Waals surface area contributed by atoms with Crippen LogP contribution in [0.15, 0.2) is 24.4 Å². The molecule has 1 aromatic rings. The van der Waals surface area contributed by atoms with Crippen molar-refractivity contribution in [2.75, 3.05) is 0 Å². The minimum atomic E-state index is 0.507. The van der Waals surface area contributed by atoms with Crippen LogP contribution in [-0.2, 0) is 0 Å². The summed E-state index contributed by atoms with van der Waals surface area (Å²) in [6.45, 7) is 5.33. The number of hydrogen-bond acceptors (Lipinski definition) is 1. The summed E-state index contributed by atoms with van der Waals surface area (Å²) in [4.78, 5) is 4.78. The van der Waals surface area contributed by atoms with Crippen molar-refractivity contribution in [1.29, 1.82) is 0 Å². The molecule has 0 spiro atoms. The molecule has 2 unspecified atom stereocenters. The summed E-state index contributed by atoms with van der Waals surface area (Å²) in [5.74, 6) is 4.73. The van der Waals surface area contributed by atoms with Crippen LogP contribution >= 0.6 is 0 Å². The molecule has 4 aliphatic carbocycles. The minimum Gasteiger partial charge on any atom is -0.261 e. The van der Waals surface area contributed by atoms with Crippen LogP contribution < -0.4 is 0 Å². The SMILES string of the molecule is C[C@]12CCCCC1CC[C@@H]1[C@@H]2CC[C@]2(C)C(c3ccccn3)CC[C@@H]12. The maximum Gasteiger partial charge on any atom is 0.0440 e. The van der Waals surface area contributed by atoms with Gasteiger partial charge in [0.25, 0.3) is 0 Å². The van der Waals surface area contributed by atoms with Crippen molar-refractivity contribution in [3.8, 4) is 0 Å². The van der Waals surface area contributed by atoms with Gasteiger partial charge in [-0.3, -0.25) is 4.98 Å². The molecule has 1 heteroatoms. The fourth-order valence-electron chi connectivity index (χ4n) is 8.36. The molecule has 0 bridgehead atoms. The molecule has 0 aromatic carbocycles. The van der Waals surface area contributed by atoms with Crippen LogP contribution in [0.4, 0.5) is 0 Å². The predicted octanol–water partition coefficient (Wildman–Crippen LogP) is 6.60. The van der Waals surface area contributed by atoms with Gasteiger partial charge in [-0.15, -0.1) is 0 Å². The van der Waals surface area contributed by atoms with Crippen molar-refractivity contribution in [1.82, 2.24) is 4.98 Å². The monoisotopic (exact) mass is 337 g/mol. The number of nitrogens with zero attached hydrogens (tertiary/aromatic N) is 1. The first-order valence-electron chi connectivity index (χ1n) is 11.0. The lowest BCUT2D eigenvalue weighted by atomic mass is 9.45. The topological polar surface area (TPSA) is 12.9 Å². The van der Waals surface area contributed by atoms with E-state index in [1.165, 1.54) is 69.9 Å². The van der Waals surface area contributed by atoms with Crippen LogP contribution in [0.5, 0.6) is 0 Å². The Labute approximate surface area is 154 Å². The summed E-state index contributed by atoms with van der Waals surface area (Å²) in [6, 6.07) is 6.56. The summed E-state index contributed by atoms with van der Waals surface area (Å²) in [5.41, 5.74) is 2.56. The summed E-state index contributed by atoms with van der Waals surface area (Å²) in [6.07, 6.45) is 16.9. The molecule has 0 radical (unpaired) electrons. The second-order valence-corrected chi connectivity index (χ2v) is 10.3. The van der Waals surface area contributed by atoms with E-state index in [4.69, 9.17) is 4.98 Å². The van der Waals surface area contributed by atoms with E-state index in [0.29, 0.717) is 16.7 Å². The molecule has 0 N–H and O–H groups in total. The quantitative estimate of drug-likeness (QED) is 0.562. The van der Waals surface area contributed by atoms with Crippen molar-refractivity contribution in [3.63, 3.8) is 0 Å². The number of fused-ring (bicyclic) bond motifs is 5. The Morgan fingerprint density at radius 3 is 2.56 bits per heavy atom. The van der Waals surface area contributed by atoms with E-state index in [0.717, 1.165) is 23.7 Å². The van der Waals surface area contributed by atoms with Crippen LogP contribution in [0, 0.1) is 34.5 Å². The molecular formula is C24H35N. The summed E-state index contributed by atoms with van der Waals surface area (Å²) in [5, 5.41) is 0. The normalized spacial score (nSPS) is 49.1. The molecule has 0 saturated heterocycles. The summed E-state index contributed by atoms with van der Waals surface area (Å²) < 4.78 is 0. The lowest BCUT2D eigenvalue weighted by molar-refractivity contribution is -0.106. The van der Waals surface area contributed by atoms with Crippen molar-refractivity contribution in [2.45, 2.75) is 84.0 Å². The smallest absolute Gasteiger partial charge is 0.0440 e. The lowest BCUT2D eigenvalue weighted by Crippen LogP contribution is -2.52. The van der Waals surface area contributed by atoms with Crippen LogP contribution in [0.25, 0.3) is 0 Å². The Hall–Kier alpha value is -0.850. The molecule has 7 atom stereocenters. The number of rotatable bonds is 1. The molecule has 1 aromatic heterocycles. The Morgan fingerprint density at radius 2 is 1.72 bits per heavy atom. The average Bonchev–Trinajstić information content (AvgIpc) is 2.99. The predicted molar refractivity (Wildman–Crippen MR) is 103 cm³/mol. The molecule has 25 heavy (non-hydrogen) atoms. The van der Waals surface area contributed by atoms with E-state index < -0.39 is 0 Å². The molecule has 0 amide bonds. The fraction of sp³-hybridized carbons (Fsp3) is 0.792. The molecule has 0 aliphatic heterocycles. The van der Waals surface area contributed by atoms with Gasteiger partial charge in [-0.1, -0.05) is 32.8 Å². The van der Waals surface area contributed by atoms with Crippen LogP contribution in [0.1, 0.15) is 89.7 Å². The van der Waals surface area contributed by atoms with Gasteiger partial charge in [0.1, 0.15) is 0 Å². The van der Waals surface area contributed by atoms with E-state index >= 15 is 0 Å². The van der Waals surface area contributed by atoms with Gasteiger partial charge >= 0.3 is 0 Å². The average molecular weight is 338 g/mol. The Morgan fingerprint density at radius 1 is 0.840 bits per heavy atom. The highest BCUT2D eigenvalue weighted by atomic mass is 14.7. The summed E-state index contributed by atoms with van der Waals surface area (Å²) >= 11 is 0. The Balaban J connectivity index is 1.45. The molecule has 5 rings (SSSR count). The molecule has 4 saturated carbocycles. The van der Waals surface area contributed by atoms with Crippen LogP contribution in [-0.4, -0.2) is 4.98 Å². The molecule has 1 heterocycles. The van der Waals surface area contributed by atoms with Gasteiger partial charge in [-0.2, -0.15) is 0 Å². The maximum atomic E-state index is 4.78. The molecular weight excluding hydrogens is 302 g/mol. The van der Waals surface area contributed by atoms with Crippen molar-refractivity contribution in [3.05, 3.63) is 30.1 Å². The van der Waals surface area contributed by atoms with Crippen molar-refractivity contribution >= 4 is 0 Å². The number of hydrogen-bond donors (Lipinski definition) is 0. The van der Waals surface area contributed by atoms with Crippen LogP contribution in [0.2, 0.25) is 0 Å². The standard InChI is InChI=1S/C24H35N/c1-23-14-5-3-7-17(23)9-10-18-19-11-12-21(22-8-4-6-16-25-22)24(19,2)15-13-20(18)23/h4,6,8,16-21H,3,5,7,9-15H2,1-2H3/t17?,18-,19-,20-,21?,23-,24-/m0/s1. The first-order chi connectivity index (χ1) is 12.1. The highest BCUT2D eigenvalue weighted by molar-refractivity contribution is 5.20. The van der Waals surface area contributed by atoms with Gasteiger partial charge in [-0.25, -0.2) is 0 Å². The summed E-state index contributed by atoms with van der Waals surface area (Å²) in [7, 11) is 0. The molecule has 4 fully saturated rings. The van der Waals surface area contributed by atoms with Crippen molar-refractivity contribution in [2.24, 2.45) is 34.5 Å². The Bertz CT molecular complexity index is 624. The van der Waals surface area contributed by atoms with E-state index in [9.17, 15) is 0 Å². The van der Waals surface area contributed by atoms with E-state index in [1.54, 1.807) is 0 Å². The van der Waals surface area contributed by atoms with Gasteiger partial charge in [-0.05, 0) is 98.0 Å². The van der Waals surface area contributed by atoms with Gasteiger partial charge in [0.15, 0.2) is 0 Å². The minimum absolute atomic E-state index is 0.507.